The van der Waals surface area contributed by atoms with Gasteiger partial charge in [-0.15, -0.1) is 0 Å². The maximum Gasteiger partial charge on any atom is 0.408 e. The molecule has 1 aliphatic rings. The fraction of sp³-hybridized carbons (Fsp3) is 0.462. The summed E-state index contributed by atoms with van der Waals surface area (Å²) in [6, 6.07) is 6.33. The Morgan fingerprint density at radius 2 is 2.05 bits per heavy atom. The van der Waals surface area contributed by atoms with Gasteiger partial charge in [-0.05, 0) is 31.5 Å². The van der Waals surface area contributed by atoms with E-state index in [4.69, 9.17) is 4.74 Å². The first-order chi connectivity index (χ1) is 9.04. The van der Waals surface area contributed by atoms with Crippen LogP contribution in [0.15, 0.2) is 24.3 Å². The Balaban J connectivity index is 1.86. The third-order valence-electron chi connectivity index (χ3n) is 2.81. The number of nitrogens with one attached hydrogen (secondary N) is 3. The molecule has 0 aromatic heterocycles. The maximum absolute atomic E-state index is 12.8. The van der Waals surface area contributed by atoms with E-state index in [0.29, 0.717) is 6.42 Å². The van der Waals surface area contributed by atoms with Gasteiger partial charge in [0.05, 0.1) is 12.3 Å². The fourth-order valence-corrected chi connectivity index (χ4v) is 1.95. The zero-order chi connectivity index (χ0) is 13.8. The summed E-state index contributed by atoms with van der Waals surface area (Å²) in [7, 11) is 0. The van der Waals surface area contributed by atoms with Gasteiger partial charge < -0.3 is 10.1 Å². The van der Waals surface area contributed by atoms with Crippen LogP contribution in [0.2, 0.25) is 0 Å². The molecular formula is C13H18FN3O2. The molecule has 2 unspecified atom stereocenters. The number of carbonyl (C=O) groups is 1. The van der Waals surface area contributed by atoms with Gasteiger partial charge in [0.25, 0.3) is 0 Å². The lowest BCUT2D eigenvalue weighted by atomic mass is 10.0. The summed E-state index contributed by atoms with van der Waals surface area (Å²) in [6.07, 6.45) is -0.142. The van der Waals surface area contributed by atoms with Gasteiger partial charge in [-0.1, -0.05) is 12.1 Å². The molecule has 1 saturated heterocycles. The highest BCUT2D eigenvalue weighted by molar-refractivity contribution is 5.67. The first kappa shape index (κ1) is 13.8. The normalized spacial score (nSPS) is 22.5. The minimum absolute atomic E-state index is 0.0324. The molecule has 1 heterocycles. The van der Waals surface area contributed by atoms with Crippen LogP contribution in [-0.2, 0) is 4.74 Å². The van der Waals surface area contributed by atoms with Crippen LogP contribution >= 0.6 is 0 Å². The molecule has 1 aliphatic heterocycles. The van der Waals surface area contributed by atoms with E-state index in [9.17, 15) is 9.18 Å². The van der Waals surface area contributed by atoms with Crippen LogP contribution in [-0.4, -0.2) is 18.4 Å². The van der Waals surface area contributed by atoms with E-state index >= 15 is 0 Å². The second-order valence-electron chi connectivity index (χ2n) is 4.78. The summed E-state index contributed by atoms with van der Waals surface area (Å²) in [4.78, 5) is 11.4. The van der Waals surface area contributed by atoms with E-state index in [0.717, 1.165) is 5.56 Å². The second-order valence-corrected chi connectivity index (χ2v) is 4.78. The van der Waals surface area contributed by atoms with Crippen molar-refractivity contribution in [3.05, 3.63) is 35.6 Å². The van der Waals surface area contributed by atoms with E-state index in [1.165, 1.54) is 12.1 Å². The van der Waals surface area contributed by atoms with E-state index in [-0.39, 0.29) is 24.1 Å². The third-order valence-corrected chi connectivity index (χ3v) is 2.81. The van der Waals surface area contributed by atoms with Gasteiger partial charge in [0.1, 0.15) is 5.82 Å². The SMILES string of the molecule is CC(C)OC(=O)NC1CC(c2ccc(F)cc2)NN1. The van der Waals surface area contributed by atoms with E-state index < -0.39 is 6.09 Å². The van der Waals surface area contributed by atoms with Crippen LogP contribution in [0.5, 0.6) is 0 Å². The topological polar surface area (TPSA) is 62.4 Å². The first-order valence-corrected chi connectivity index (χ1v) is 6.28. The Bertz CT molecular complexity index is 436. The molecule has 0 spiro atoms. The lowest BCUT2D eigenvalue weighted by Gasteiger charge is -2.14. The van der Waals surface area contributed by atoms with Crippen molar-refractivity contribution in [3.8, 4) is 0 Å². The first-order valence-electron chi connectivity index (χ1n) is 6.28. The molecule has 5 nitrogen and oxygen atoms in total. The van der Waals surface area contributed by atoms with Crippen molar-refractivity contribution in [3.63, 3.8) is 0 Å². The Hall–Kier alpha value is -1.66. The molecule has 0 bridgehead atoms. The Labute approximate surface area is 111 Å². The molecule has 0 aliphatic carbocycles. The number of ether oxygens (including phenoxy) is 1. The minimum atomic E-state index is -0.450. The lowest BCUT2D eigenvalue weighted by Crippen LogP contribution is -2.44. The van der Waals surface area contributed by atoms with Crippen molar-refractivity contribution in [2.45, 2.75) is 38.6 Å². The molecule has 0 saturated carbocycles. The van der Waals surface area contributed by atoms with Gasteiger partial charge >= 0.3 is 6.09 Å². The van der Waals surface area contributed by atoms with E-state index in [2.05, 4.69) is 16.2 Å². The molecular weight excluding hydrogens is 249 g/mol. The molecule has 104 valence electrons. The van der Waals surface area contributed by atoms with Gasteiger partial charge in [-0.2, -0.15) is 0 Å². The highest BCUT2D eigenvalue weighted by Crippen LogP contribution is 2.21. The van der Waals surface area contributed by atoms with Crippen LogP contribution in [0, 0.1) is 5.82 Å². The molecule has 19 heavy (non-hydrogen) atoms. The van der Waals surface area contributed by atoms with Crippen molar-refractivity contribution in [1.29, 1.82) is 0 Å². The van der Waals surface area contributed by atoms with Gasteiger partial charge in [-0.3, -0.25) is 0 Å². The van der Waals surface area contributed by atoms with Crippen molar-refractivity contribution >= 4 is 6.09 Å². The van der Waals surface area contributed by atoms with Crippen molar-refractivity contribution in [2.75, 3.05) is 0 Å². The number of hydrazine groups is 1. The average Bonchev–Trinajstić information content (AvgIpc) is 2.77. The Morgan fingerprint density at radius 1 is 1.37 bits per heavy atom. The van der Waals surface area contributed by atoms with Crippen LogP contribution in [0.4, 0.5) is 9.18 Å². The van der Waals surface area contributed by atoms with Gasteiger partial charge in [0.15, 0.2) is 0 Å². The summed E-state index contributed by atoms with van der Waals surface area (Å²) in [6.45, 7) is 3.59. The molecule has 1 aromatic rings. The number of rotatable bonds is 3. The minimum Gasteiger partial charge on any atom is -0.447 e. The summed E-state index contributed by atoms with van der Waals surface area (Å²) >= 11 is 0. The maximum atomic E-state index is 12.8. The Morgan fingerprint density at radius 3 is 2.68 bits per heavy atom. The van der Waals surface area contributed by atoms with Crippen molar-refractivity contribution in [1.82, 2.24) is 16.2 Å². The zero-order valence-electron chi connectivity index (χ0n) is 10.9. The van der Waals surface area contributed by atoms with E-state index in [1.807, 2.05) is 0 Å². The van der Waals surface area contributed by atoms with Gasteiger partial charge in [0, 0.05) is 12.5 Å². The van der Waals surface area contributed by atoms with Crippen molar-refractivity contribution in [2.24, 2.45) is 0 Å². The molecule has 2 rings (SSSR count). The summed E-state index contributed by atoms with van der Waals surface area (Å²) in [5.74, 6) is -0.259. The third kappa shape index (κ3) is 3.90. The largest absolute Gasteiger partial charge is 0.447 e. The average molecular weight is 267 g/mol. The lowest BCUT2D eigenvalue weighted by molar-refractivity contribution is 0.111. The number of hydrogen-bond acceptors (Lipinski definition) is 4. The number of alkyl carbamates (subject to hydrolysis) is 1. The van der Waals surface area contributed by atoms with Crippen LogP contribution in [0.1, 0.15) is 31.9 Å². The summed E-state index contributed by atoms with van der Waals surface area (Å²) in [5, 5.41) is 2.71. The predicted octanol–water partition coefficient (Wildman–Crippen LogP) is 1.83. The Kier molecular flexibility index (Phi) is 4.34. The highest BCUT2D eigenvalue weighted by Gasteiger charge is 2.26. The number of carbonyl (C=O) groups excluding carboxylic acids is 1. The molecule has 0 radical (unpaired) electrons. The molecule has 1 amide bonds. The monoisotopic (exact) mass is 267 g/mol. The quantitative estimate of drug-likeness (QED) is 0.782. The molecule has 2 atom stereocenters. The smallest absolute Gasteiger partial charge is 0.408 e. The van der Waals surface area contributed by atoms with Gasteiger partial charge in [0.2, 0.25) is 0 Å². The summed E-state index contributed by atoms with van der Waals surface area (Å²) < 4.78 is 17.8. The summed E-state index contributed by atoms with van der Waals surface area (Å²) in [5.41, 5.74) is 6.99. The van der Waals surface area contributed by atoms with Crippen LogP contribution < -0.4 is 16.2 Å². The number of amides is 1. The molecule has 3 N–H and O–H groups in total. The molecule has 1 fully saturated rings. The van der Waals surface area contributed by atoms with Crippen LogP contribution in [0.25, 0.3) is 0 Å². The number of hydrogen-bond donors (Lipinski definition) is 3. The molecule has 1 aromatic carbocycles. The van der Waals surface area contributed by atoms with Crippen LogP contribution in [0.3, 0.4) is 0 Å². The standard InChI is InChI=1S/C13H18FN3O2/c1-8(2)19-13(18)15-12-7-11(16-17-12)9-3-5-10(14)6-4-9/h3-6,8,11-12,16-17H,7H2,1-2H3,(H,15,18). The fourth-order valence-electron chi connectivity index (χ4n) is 1.95. The number of halogens is 1. The zero-order valence-corrected chi connectivity index (χ0v) is 10.9. The predicted molar refractivity (Wildman–Crippen MR) is 68.6 cm³/mol. The highest BCUT2D eigenvalue weighted by atomic mass is 19.1. The number of benzene rings is 1. The van der Waals surface area contributed by atoms with Crippen molar-refractivity contribution < 1.29 is 13.9 Å². The second kappa shape index (κ2) is 5.99. The molecule has 6 heteroatoms. The van der Waals surface area contributed by atoms with Gasteiger partial charge in [-0.25, -0.2) is 20.0 Å². The van der Waals surface area contributed by atoms with E-state index in [1.54, 1.807) is 26.0 Å².